The van der Waals surface area contributed by atoms with Gasteiger partial charge in [0.25, 0.3) is 0 Å². The fourth-order valence-electron chi connectivity index (χ4n) is 3.97. The van der Waals surface area contributed by atoms with E-state index < -0.39 is 24.6 Å². The first-order valence-electron chi connectivity index (χ1n) is 13.7. The van der Waals surface area contributed by atoms with Crippen molar-refractivity contribution in [2.24, 2.45) is 5.84 Å². The van der Waals surface area contributed by atoms with Crippen LogP contribution in [0.2, 0.25) is 0 Å². The van der Waals surface area contributed by atoms with Crippen molar-refractivity contribution in [2.45, 2.75) is 78.0 Å². The zero-order chi connectivity index (χ0) is 31.1. The van der Waals surface area contributed by atoms with Crippen LogP contribution in [0.25, 0.3) is 0 Å². The number of aliphatic hydroxyl groups is 1. The van der Waals surface area contributed by atoms with Gasteiger partial charge in [-0.05, 0) is 100 Å². The van der Waals surface area contributed by atoms with E-state index in [4.69, 9.17) is 5.84 Å². The Labute approximate surface area is 251 Å². The van der Waals surface area contributed by atoms with Gasteiger partial charge in [-0.3, -0.25) is 5.01 Å². The molecule has 0 heterocycles. The molecule has 0 radical (unpaired) electrons. The number of nitrogens with zero attached hydrogens (tertiary/aromatic N) is 2. The summed E-state index contributed by atoms with van der Waals surface area (Å²) in [6, 6.07) is 5.69. The molecule has 0 saturated carbocycles. The molecule has 0 aliphatic heterocycles. The van der Waals surface area contributed by atoms with Gasteiger partial charge in [0.15, 0.2) is 5.60 Å². The van der Waals surface area contributed by atoms with Gasteiger partial charge in [0.05, 0.1) is 11.4 Å². The minimum Gasteiger partial charge on any atom is -0.380 e. The van der Waals surface area contributed by atoms with Gasteiger partial charge in [-0.15, -0.1) is 6.58 Å². The summed E-state index contributed by atoms with van der Waals surface area (Å²) in [4.78, 5) is 1.93. The zero-order valence-corrected chi connectivity index (χ0v) is 26.1. The molecule has 41 heavy (non-hydrogen) atoms. The van der Waals surface area contributed by atoms with E-state index in [0.717, 1.165) is 16.5 Å². The van der Waals surface area contributed by atoms with Crippen LogP contribution in [-0.4, -0.2) is 34.9 Å². The molecule has 0 aliphatic carbocycles. The first kappa shape index (κ1) is 36.4. The van der Waals surface area contributed by atoms with Crippen LogP contribution in [-0.2, 0) is 0 Å². The molecule has 0 fully saturated rings. The number of hydrogen-bond donors (Lipinski definition) is 2. The lowest BCUT2D eigenvalue weighted by Crippen LogP contribution is -2.45. The smallest absolute Gasteiger partial charge is 0.380 e. The number of halogens is 5. The fourth-order valence-corrected chi connectivity index (χ4v) is 4.11. The normalized spacial score (nSPS) is 14.4. The van der Waals surface area contributed by atoms with Crippen LogP contribution >= 0.6 is 15.9 Å². The number of alkyl halides is 3. The highest BCUT2D eigenvalue weighted by atomic mass is 79.9. The second-order valence-corrected chi connectivity index (χ2v) is 11.0. The Morgan fingerprint density at radius 2 is 1.78 bits per heavy atom. The minimum atomic E-state index is -4.77. The van der Waals surface area contributed by atoms with Crippen molar-refractivity contribution >= 4 is 21.6 Å². The second kappa shape index (κ2) is 18.0. The Hall–Kier alpha value is -2.62. The molecule has 1 aromatic rings. The second-order valence-electron chi connectivity index (χ2n) is 9.97. The van der Waals surface area contributed by atoms with Gasteiger partial charge in [0.1, 0.15) is 5.82 Å². The van der Waals surface area contributed by atoms with Gasteiger partial charge >= 0.3 is 6.18 Å². The molecule has 0 bridgehead atoms. The van der Waals surface area contributed by atoms with Gasteiger partial charge in [0.2, 0.25) is 0 Å². The van der Waals surface area contributed by atoms with Crippen LogP contribution in [0.4, 0.5) is 23.2 Å². The third-order valence-electron chi connectivity index (χ3n) is 6.60. The summed E-state index contributed by atoms with van der Waals surface area (Å²) in [6.07, 6.45) is 8.64. The van der Waals surface area contributed by atoms with Crippen molar-refractivity contribution in [1.82, 2.24) is 4.90 Å². The van der Waals surface area contributed by atoms with E-state index in [1.807, 2.05) is 44.0 Å². The van der Waals surface area contributed by atoms with Crippen molar-refractivity contribution in [3.05, 3.63) is 101 Å². The SMILES string of the molecule is C=CC/C=C\N(C/C=C(/Br)CC)CCCC(O)(CCC(/C=C\C(=C(C)C)N(N)c1ccc(F)cc1)=C/C)C(F)(F)F. The van der Waals surface area contributed by atoms with Crippen molar-refractivity contribution in [3.8, 4) is 0 Å². The molecule has 0 amide bonds. The largest absolute Gasteiger partial charge is 0.417 e. The van der Waals surface area contributed by atoms with E-state index in [9.17, 15) is 22.7 Å². The summed E-state index contributed by atoms with van der Waals surface area (Å²) < 4.78 is 56.6. The monoisotopic (exact) mass is 641 g/mol. The highest BCUT2D eigenvalue weighted by molar-refractivity contribution is 9.11. The average molecular weight is 643 g/mol. The van der Waals surface area contributed by atoms with Crippen LogP contribution in [0.15, 0.2) is 94.8 Å². The number of allylic oxidation sites excluding steroid dienone is 8. The fraction of sp³-hybridized carbons (Fsp3) is 0.438. The Balaban J connectivity index is 2.97. The van der Waals surface area contributed by atoms with Gasteiger partial charge in [-0.1, -0.05) is 64.4 Å². The summed E-state index contributed by atoms with van der Waals surface area (Å²) in [7, 11) is 0. The number of hydrazine groups is 1. The summed E-state index contributed by atoms with van der Waals surface area (Å²) in [5.41, 5.74) is -0.147. The van der Waals surface area contributed by atoms with E-state index >= 15 is 0 Å². The molecule has 0 saturated heterocycles. The molecule has 4 nitrogen and oxygen atoms in total. The minimum absolute atomic E-state index is 0.0231. The van der Waals surface area contributed by atoms with E-state index in [0.29, 0.717) is 36.5 Å². The first-order valence-corrected chi connectivity index (χ1v) is 14.5. The third-order valence-corrected chi connectivity index (χ3v) is 7.48. The Bertz CT molecular complexity index is 1100. The Morgan fingerprint density at radius 1 is 1.12 bits per heavy atom. The van der Waals surface area contributed by atoms with Crippen LogP contribution < -0.4 is 10.9 Å². The molecule has 228 valence electrons. The Morgan fingerprint density at radius 3 is 2.32 bits per heavy atom. The maximum Gasteiger partial charge on any atom is 0.417 e. The predicted molar refractivity (Wildman–Crippen MR) is 167 cm³/mol. The van der Waals surface area contributed by atoms with E-state index in [2.05, 4.69) is 22.5 Å². The van der Waals surface area contributed by atoms with E-state index in [1.165, 1.54) is 17.1 Å². The van der Waals surface area contributed by atoms with E-state index in [-0.39, 0.29) is 18.7 Å². The molecule has 3 N–H and O–H groups in total. The summed E-state index contributed by atoms with van der Waals surface area (Å²) in [6.45, 7) is 12.1. The molecule has 9 heteroatoms. The molecular weight excluding hydrogens is 598 g/mol. The van der Waals surface area contributed by atoms with Crippen molar-refractivity contribution < 1.29 is 22.7 Å². The molecule has 1 aromatic carbocycles. The van der Waals surface area contributed by atoms with Gasteiger partial charge in [-0.2, -0.15) is 13.2 Å². The number of rotatable bonds is 17. The van der Waals surface area contributed by atoms with E-state index in [1.54, 1.807) is 43.4 Å². The highest BCUT2D eigenvalue weighted by Gasteiger charge is 2.52. The maximum atomic E-state index is 14.1. The van der Waals surface area contributed by atoms with Crippen molar-refractivity contribution in [1.29, 1.82) is 0 Å². The molecule has 0 aromatic heterocycles. The lowest BCUT2D eigenvalue weighted by molar-refractivity contribution is -0.265. The summed E-state index contributed by atoms with van der Waals surface area (Å²) in [5.74, 6) is 5.87. The van der Waals surface area contributed by atoms with Crippen molar-refractivity contribution in [2.75, 3.05) is 18.1 Å². The summed E-state index contributed by atoms with van der Waals surface area (Å²) in [5, 5.41) is 12.2. The first-order chi connectivity index (χ1) is 19.3. The van der Waals surface area contributed by atoms with Crippen LogP contribution in [0.5, 0.6) is 0 Å². The molecule has 1 unspecified atom stereocenters. The lowest BCUT2D eigenvalue weighted by Gasteiger charge is -2.32. The molecular formula is C32H44BrF4N3O. The molecule has 0 aliphatic rings. The quantitative estimate of drug-likeness (QED) is 0.0585. The lowest BCUT2D eigenvalue weighted by atomic mass is 9.89. The number of benzene rings is 1. The van der Waals surface area contributed by atoms with Crippen LogP contribution in [0.1, 0.15) is 66.2 Å². The number of hydrogen-bond acceptors (Lipinski definition) is 4. The zero-order valence-electron chi connectivity index (χ0n) is 24.5. The average Bonchev–Trinajstić information content (AvgIpc) is 2.92. The van der Waals surface area contributed by atoms with Crippen LogP contribution in [0.3, 0.4) is 0 Å². The number of anilines is 1. The summed E-state index contributed by atoms with van der Waals surface area (Å²) >= 11 is 3.47. The maximum absolute atomic E-state index is 14.1. The number of nitrogens with two attached hydrogens (primary N) is 1. The Kier molecular flexibility index (Phi) is 16.0. The van der Waals surface area contributed by atoms with Crippen LogP contribution in [0, 0.1) is 5.82 Å². The van der Waals surface area contributed by atoms with Gasteiger partial charge in [-0.25, -0.2) is 10.2 Å². The molecule has 0 spiro atoms. The third kappa shape index (κ3) is 12.8. The van der Waals surface area contributed by atoms with Crippen molar-refractivity contribution in [3.63, 3.8) is 0 Å². The van der Waals surface area contributed by atoms with Gasteiger partial charge in [0, 0.05) is 13.1 Å². The predicted octanol–water partition coefficient (Wildman–Crippen LogP) is 9.24. The highest BCUT2D eigenvalue weighted by Crippen LogP contribution is 2.38. The standard InChI is InChI=1S/C32H44BrF4N3O/c1-6-9-10-22-39(24-19-27(33)8-3)23-11-20-31(41,32(35,36)37)21-18-26(7-2)12-17-30(25(4)5)40(38)29-15-13-28(34)14-16-29/h6-7,10,12-17,19,22,41H,1,8-9,11,18,20-21,23-24,38H2,2-5H3/b17-12-,22-10-,26-7+,27-19+. The topological polar surface area (TPSA) is 52.7 Å². The molecule has 1 rings (SSSR count). The molecule has 1 atom stereocenters. The van der Waals surface area contributed by atoms with Gasteiger partial charge < -0.3 is 10.0 Å².